The predicted molar refractivity (Wildman–Crippen MR) is 81.7 cm³/mol. The van der Waals surface area contributed by atoms with Crippen LogP contribution in [-0.2, 0) is 0 Å². The van der Waals surface area contributed by atoms with Gasteiger partial charge >= 0.3 is 0 Å². The van der Waals surface area contributed by atoms with Crippen molar-refractivity contribution in [3.63, 3.8) is 0 Å². The van der Waals surface area contributed by atoms with Gasteiger partial charge in [-0.2, -0.15) is 4.68 Å². The van der Waals surface area contributed by atoms with Gasteiger partial charge in [0.1, 0.15) is 11.5 Å². The van der Waals surface area contributed by atoms with Crippen LogP contribution in [0.5, 0.6) is 0 Å². The average molecular weight is 369 g/mol. The number of tetrazole rings is 1. The molecule has 0 saturated heterocycles. The van der Waals surface area contributed by atoms with Gasteiger partial charge in [-0.3, -0.25) is 0 Å². The van der Waals surface area contributed by atoms with Crippen molar-refractivity contribution >= 4 is 33.2 Å². The summed E-state index contributed by atoms with van der Waals surface area (Å²) in [7, 11) is 0. The van der Waals surface area contributed by atoms with Crippen molar-refractivity contribution in [3.05, 3.63) is 51.7 Å². The number of anilines is 1. The molecule has 2 N–H and O–H groups in total. The minimum atomic E-state index is -0.451. The molecule has 0 atom stereocenters. The lowest BCUT2D eigenvalue weighted by Gasteiger charge is -2.07. The van der Waals surface area contributed by atoms with Gasteiger partial charge in [-0.15, -0.1) is 5.10 Å². The van der Waals surface area contributed by atoms with E-state index in [2.05, 4.69) is 31.5 Å². The molecular formula is C13H8BrClFN5. The Balaban J connectivity index is 2.17. The first kappa shape index (κ1) is 14.0. The molecule has 0 aliphatic heterocycles. The summed E-state index contributed by atoms with van der Waals surface area (Å²) in [5.41, 5.74) is 7.07. The first-order valence-corrected chi connectivity index (χ1v) is 7.02. The van der Waals surface area contributed by atoms with E-state index in [0.29, 0.717) is 26.6 Å². The van der Waals surface area contributed by atoms with Crippen LogP contribution < -0.4 is 5.73 Å². The minimum Gasteiger partial charge on any atom is -0.399 e. The van der Waals surface area contributed by atoms with E-state index in [1.807, 2.05) is 0 Å². The molecule has 5 nitrogen and oxygen atoms in total. The van der Waals surface area contributed by atoms with Crippen molar-refractivity contribution in [1.82, 2.24) is 20.2 Å². The number of hydrogen-bond acceptors (Lipinski definition) is 4. The number of benzene rings is 2. The Morgan fingerprint density at radius 1 is 1.19 bits per heavy atom. The van der Waals surface area contributed by atoms with Crippen molar-refractivity contribution in [2.45, 2.75) is 0 Å². The van der Waals surface area contributed by atoms with E-state index >= 15 is 0 Å². The lowest BCUT2D eigenvalue weighted by atomic mass is 10.2. The topological polar surface area (TPSA) is 69.6 Å². The van der Waals surface area contributed by atoms with Crippen LogP contribution >= 0.6 is 27.5 Å². The van der Waals surface area contributed by atoms with Crippen LogP contribution in [0, 0.1) is 5.82 Å². The van der Waals surface area contributed by atoms with E-state index in [0.717, 1.165) is 0 Å². The summed E-state index contributed by atoms with van der Waals surface area (Å²) < 4.78 is 16.0. The fourth-order valence-corrected chi connectivity index (χ4v) is 2.50. The normalized spacial score (nSPS) is 10.8. The summed E-state index contributed by atoms with van der Waals surface area (Å²) in [6.45, 7) is 0. The maximum atomic E-state index is 14.1. The Morgan fingerprint density at radius 3 is 2.71 bits per heavy atom. The molecule has 0 fully saturated rings. The molecule has 0 aliphatic carbocycles. The molecular weight excluding hydrogens is 361 g/mol. The standard InChI is InChI=1S/C13H8BrClFN5/c14-8-1-2-12(11(16)5-8)21-13(18-19-20-21)7-3-9(15)6-10(17)4-7/h1-6H,17H2. The van der Waals surface area contributed by atoms with Gasteiger partial charge in [0.25, 0.3) is 0 Å². The molecule has 0 unspecified atom stereocenters. The Hall–Kier alpha value is -1.99. The zero-order valence-electron chi connectivity index (χ0n) is 10.5. The van der Waals surface area contributed by atoms with Crippen LogP contribution in [0.15, 0.2) is 40.9 Å². The second-order valence-corrected chi connectivity index (χ2v) is 5.64. The zero-order chi connectivity index (χ0) is 15.0. The largest absolute Gasteiger partial charge is 0.399 e. The fourth-order valence-electron chi connectivity index (χ4n) is 1.92. The fraction of sp³-hybridized carbons (Fsp3) is 0. The van der Waals surface area contributed by atoms with Gasteiger partial charge in [-0.25, -0.2) is 4.39 Å². The molecule has 106 valence electrons. The van der Waals surface area contributed by atoms with Crippen LogP contribution in [0.4, 0.5) is 10.1 Å². The van der Waals surface area contributed by atoms with Crippen molar-refractivity contribution in [1.29, 1.82) is 0 Å². The second kappa shape index (κ2) is 5.42. The van der Waals surface area contributed by atoms with Crippen molar-refractivity contribution < 1.29 is 4.39 Å². The molecule has 0 saturated carbocycles. The van der Waals surface area contributed by atoms with Gasteiger partial charge < -0.3 is 5.73 Å². The summed E-state index contributed by atoms with van der Waals surface area (Å²) in [6.07, 6.45) is 0. The van der Waals surface area contributed by atoms with Crippen molar-refractivity contribution in [3.8, 4) is 17.1 Å². The van der Waals surface area contributed by atoms with Gasteiger partial charge in [-0.1, -0.05) is 27.5 Å². The third-order valence-corrected chi connectivity index (χ3v) is 3.50. The Bertz CT molecular complexity index is 800. The average Bonchev–Trinajstić information content (AvgIpc) is 2.86. The monoisotopic (exact) mass is 367 g/mol. The predicted octanol–water partition coefficient (Wildman–Crippen LogP) is 3.47. The maximum Gasteiger partial charge on any atom is 0.187 e. The molecule has 0 spiro atoms. The van der Waals surface area contributed by atoms with E-state index in [9.17, 15) is 4.39 Å². The van der Waals surface area contributed by atoms with E-state index in [-0.39, 0.29) is 5.69 Å². The Morgan fingerprint density at radius 2 is 2.00 bits per heavy atom. The number of aromatic nitrogens is 4. The lowest BCUT2D eigenvalue weighted by Crippen LogP contribution is -2.03. The van der Waals surface area contributed by atoms with Crippen LogP contribution in [0.25, 0.3) is 17.1 Å². The van der Waals surface area contributed by atoms with Gasteiger partial charge in [0, 0.05) is 20.7 Å². The maximum absolute atomic E-state index is 14.1. The molecule has 1 aromatic heterocycles. The van der Waals surface area contributed by atoms with E-state index in [4.69, 9.17) is 17.3 Å². The van der Waals surface area contributed by atoms with E-state index < -0.39 is 5.82 Å². The SMILES string of the molecule is Nc1cc(Cl)cc(-c2nnnn2-c2ccc(Br)cc2F)c1. The molecule has 0 bridgehead atoms. The third kappa shape index (κ3) is 2.74. The highest BCUT2D eigenvalue weighted by Crippen LogP contribution is 2.27. The minimum absolute atomic E-state index is 0.233. The smallest absolute Gasteiger partial charge is 0.187 e. The zero-order valence-corrected chi connectivity index (χ0v) is 12.8. The summed E-state index contributed by atoms with van der Waals surface area (Å²) in [6, 6.07) is 9.57. The van der Waals surface area contributed by atoms with Gasteiger partial charge in [-0.05, 0) is 46.8 Å². The van der Waals surface area contributed by atoms with Crippen LogP contribution in [0.1, 0.15) is 0 Å². The molecule has 3 aromatic rings. The van der Waals surface area contributed by atoms with Gasteiger partial charge in [0.15, 0.2) is 5.82 Å². The number of hydrogen-bond donors (Lipinski definition) is 1. The summed E-state index contributed by atoms with van der Waals surface area (Å²) >= 11 is 9.19. The molecule has 2 aromatic carbocycles. The summed E-state index contributed by atoms with van der Waals surface area (Å²) in [5, 5.41) is 11.8. The van der Waals surface area contributed by atoms with E-state index in [1.165, 1.54) is 10.7 Å². The number of nitrogen functional groups attached to an aromatic ring is 1. The summed E-state index contributed by atoms with van der Waals surface area (Å²) in [5.74, 6) is -0.0988. The van der Waals surface area contributed by atoms with Crippen molar-refractivity contribution in [2.75, 3.05) is 5.73 Å². The highest BCUT2D eigenvalue weighted by molar-refractivity contribution is 9.10. The molecule has 0 aliphatic rings. The number of nitrogens with two attached hydrogens (primary N) is 1. The molecule has 0 radical (unpaired) electrons. The van der Waals surface area contributed by atoms with Crippen LogP contribution in [0.2, 0.25) is 5.02 Å². The molecule has 21 heavy (non-hydrogen) atoms. The Kier molecular flexibility index (Phi) is 3.60. The number of nitrogens with zero attached hydrogens (tertiary/aromatic N) is 4. The van der Waals surface area contributed by atoms with Gasteiger partial charge in [0.05, 0.1) is 0 Å². The van der Waals surface area contributed by atoms with Crippen LogP contribution in [-0.4, -0.2) is 20.2 Å². The lowest BCUT2D eigenvalue weighted by molar-refractivity contribution is 0.607. The second-order valence-electron chi connectivity index (χ2n) is 4.28. The first-order valence-electron chi connectivity index (χ1n) is 5.85. The highest BCUT2D eigenvalue weighted by Gasteiger charge is 2.15. The van der Waals surface area contributed by atoms with E-state index in [1.54, 1.807) is 30.3 Å². The molecule has 8 heteroatoms. The summed E-state index contributed by atoms with van der Waals surface area (Å²) in [4.78, 5) is 0. The molecule has 3 rings (SSSR count). The van der Waals surface area contributed by atoms with Crippen molar-refractivity contribution in [2.24, 2.45) is 0 Å². The number of rotatable bonds is 2. The molecule has 0 amide bonds. The van der Waals surface area contributed by atoms with Gasteiger partial charge in [0.2, 0.25) is 0 Å². The third-order valence-electron chi connectivity index (χ3n) is 2.79. The number of halogens is 3. The Labute approximate surface area is 132 Å². The van der Waals surface area contributed by atoms with Crippen LogP contribution in [0.3, 0.4) is 0 Å². The highest BCUT2D eigenvalue weighted by atomic mass is 79.9. The quantitative estimate of drug-likeness (QED) is 0.703. The molecule has 1 heterocycles. The first-order chi connectivity index (χ1) is 10.0.